The zero-order valence-corrected chi connectivity index (χ0v) is 20.8. The Labute approximate surface area is 205 Å². The predicted molar refractivity (Wildman–Crippen MR) is 135 cm³/mol. The number of halogens is 1. The number of nitrogens with zero attached hydrogens (tertiary/aromatic N) is 5. The molecule has 11 heteroatoms. The molecule has 2 fully saturated rings. The van der Waals surface area contributed by atoms with Gasteiger partial charge in [-0.15, -0.1) is 0 Å². The third-order valence-corrected chi connectivity index (χ3v) is 6.12. The van der Waals surface area contributed by atoms with E-state index in [1.54, 1.807) is 12.1 Å². The van der Waals surface area contributed by atoms with Gasteiger partial charge >= 0.3 is 0 Å². The monoisotopic (exact) mass is 490 g/mol. The van der Waals surface area contributed by atoms with Gasteiger partial charge in [0.1, 0.15) is 5.82 Å². The first kappa shape index (κ1) is 28.1. The summed E-state index contributed by atoms with van der Waals surface area (Å²) >= 11 is 0. The number of non-ortho nitro benzene ring substituents is 2. The smallest absolute Gasteiger partial charge is 0.269 e. The van der Waals surface area contributed by atoms with E-state index in [1.165, 1.54) is 19.5 Å². The molecule has 2 aromatic rings. The molecule has 2 unspecified atom stereocenters. The van der Waals surface area contributed by atoms with Gasteiger partial charge in [-0.25, -0.2) is 4.39 Å². The minimum Gasteiger partial charge on any atom is -0.370 e. The van der Waals surface area contributed by atoms with E-state index in [0.29, 0.717) is 6.04 Å². The second kappa shape index (κ2) is 13.7. The van der Waals surface area contributed by atoms with Crippen molar-refractivity contribution in [1.82, 2.24) is 15.1 Å². The van der Waals surface area contributed by atoms with E-state index < -0.39 is 10.7 Å². The highest BCUT2D eigenvalue weighted by molar-refractivity contribution is 5.51. The number of nitro benzene ring substituents is 2. The lowest BCUT2D eigenvalue weighted by Gasteiger charge is -2.21. The maximum Gasteiger partial charge on any atom is 0.269 e. The fraction of sp³-hybridized carbons (Fsp3) is 0.500. The van der Waals surface area contributed by atoms with E-state index in [2.05, 4.69) is 48.2 Å². The van der Waals surface area contributed by atoms with Gasteiger partial charge in [-0.3, -0.25) is 20.2 Å². The van der Waals surface area contributed by atoms with E-state index >= 15 is 0 Å². The largest absolute Gasteiger partial charge is 0.370 e. The summed E-state index contributed by atoms with van der Waals surface area (Å²) < 4.78 is 12.1. The first-order valence-electron chi connectivity index (χ1n) is 11.5. The first-order valence-corrected chi connectivity index (χ1v) is 11.5. The number of likely N-dealkylation sites (N-methyl/N-ethyl adjacent to an activating group) is 2. The highest BCUT2D eigenvalue weighted by Crippen LogP contribution is 2.24. The van der Waals surface area contributed by atoms with E-state index in [0.717, 1.165) is 55.5 Å². The zero-order valence-electron chi connectivity index (χ0n) is 20.8. The quantitative estimate of drug-likeness (QED) is 0.502. The number of nitrogens with one attached hydrogen (secondary N) is 1. The van der Waals surface area contributed by atoms with Crippen LogP contribution < -0.4 is 10.2 Å². The molecule has 0 bridgehead atoms. The Balaban J connectivity index is 0.000000204. The minimum absolute atomic E-state index is 0.0959. The molecular formula is C24H35FN6O4. The summed E-state index contributed by atoms with van der Waals surface area (Å²) in [5.74, 6) is -0.467. The van der Waals surface area contributed by atoms with Crippen molar-refractivity contribution in [3.63, 3.8) is 0 Å². The summed E-state index contributed by atoms with van der Waals surface area (Å²) in [5, 5.41) is 23.9. The summed E-state index contributed by atoms with van der Waals surface area (Å²) in [5.41, 5.74) is 1.12. The van der Waals surface area contributed by atoms with Crippen LogP contribution in [0, 0.1) is 26.0 Å². The van der Waals surface area contributed by atoms with Crippen molar-refractivity contribution in [3.05, 3.63) is 74.6 Å². The van der Waals surface area contributed by atoms with Crippen molar-refractivity contribution in [2.24, 2.45) is 0 Å². The van der Waals surface area contributed by atoms with Gasteiger partial charge in [-0.1, -0.05) is 0 Å². The summed E-state index contributed by atoms with van der Waals surface area (Å²) in [6.07, 6.45) is 2.46. The summed E-state index contributed by atoms with van der Waals surface area (Å²) in [6, 6.07) is 12.5. The lowest BCUT2D eigenvalue weighted by atomic mass is 10.2. The number of hydrogen-bond acceptors (Lipinski definition) is 8. The van der Waals surface area contributed by atoms with Crippen LogP contribution in [0.5, 0.6) is 0 Å². The molecule has 2 aromatic carbocycles. The Kier molecular flexibility index (Phi) is 11.0. The zero-order chi connectivity index (χ0) is 26.0. The Morgan fingerprint density at radius 3 is 1.74 bits per heavy atom. The molecule has 2 heterocycles. The maximum absolute atomic E-state index is 12.1. The average molecular weight is 491 g/mol. The topological polar surface area (TPSA) is 108 Å². The first-order chi connectivity index (χ1) is 16.6. The fourth-order valence-electron chi connectivity index (χ4n) is 3.83. The fourth-order valence-corrected chi connectivity index (χ4v) is 3.83. The molecule has 0 radical (unpaired) electrons. The lowest BCUT2D eigenvalue weighted by Crippen LogP contribution is -2.31. The molecule has 0 saturated carbocycles. The van der Waals surface area contributed by atoms with Gasteiger partial charge in [-0.2, -0.15) is 0 Å². The Morgan fingerprint density at radius 1 is 0.857 bits per heavy atom. The number of benzene rings is 2. The molecule has 2 saturated heterocycles. The van der Waals surface area contributed by atoms with Gasteiger partial charge in [0.15, 0.2) is 0 Å². The summed E-state index contributed by atoms with van der Waals surface area (Å²) in [6.45, 7) is 4.38. The van der Waals surface area contributed by atoms with E-state index in [1.807, 2.05) is 12.1 Å². The number of nitro groups is 2. The van der Waals surface area contributed by atoms with E-state index in [9.17, 15) is 24.6 Å². The van der Waals surface area contributed by atoms with E-state index in [4.69, 9.17) is 0 Å². The molecule has 2 aliphatic heterocycles. The maximum atomic E-state index is 12.1. The molecule has 192 valence electrons. The normalized spacial score (nSPS) is 19.1. The molecule has 10 nitrogen and oxygen atoms in total. The average Bonchev–Trinajstić information content (AvgIpc) is 3.53. The van der Waals surface area contributed by atoms with Crippen molar-refractivity contribution in [2.45, 2.75) is 24.9 Å². The van der Waals surface area contributed by atoms with Crippen molar-refractivity contribution in [2.75, 3.05) is 59.3 Å². The molecular weight excluding hydrogens is 455 g/mol. The van der Waals surface area contributed by atoms with Crippen LogP contribution in [0.15, 0.2) is 48.5 Å². The summed E-state index contributed by atoms with van der Waals surface area (Å²) in [7, 11) is 8.45. The predicted octanol–water partition coefficient (Wildman–Crippen LogP) is 3.38. The molecule has 2 aliphatic rings. The summed E-state index contributed by atoms with van der Waals surface area (Å²) in [4.78, 5) is 26.4. The highest BCUT2D eigenvalue weighted by Gasteiger charge is 2.24. The van der Waals surface area contributed by atoms with Crippen LogP contribution in [-0.4, -0.2) is 86.1 Å². The molecule has 0 spiro atoms. The molecule has 0 aliphatic carbocycles. The second-order valence-corrected chi connectivity index (χ2v) is 8.97. The SMILES string of the molecule is CN(C)C1CCN(c2ccc([N+](=O)[O-])cc2)C1.CN(C)C1CCNC1.O=[N+]([O-])c1ccc(F)cc1. The van der Waals surface area contributed by atoms with Crippen molar-refractivity contribution in [3.8, 4) is 0 Å². The van der Waals surface area contributed by atoms with Crippen LogP contribution in [0.1, 0.15) is 12.8 Å². The van der Waals surface area contributed by atoms with Gasteiger partial charge in [-0.05, 0) is 71.8 Å². The minimum atomic E-state index is -0.570. The Morgan fingerprint density at radius 2 is 1.37 bits per heavy atom. The second-order valence-electron chi connectivity index (χ2n) is 8.97. The highest BCUT2D eigenvalue weighted by atomic mass is 19.1. The van der Waals surface area contributed by atoms with Crippen molar-refractivity contribution in [1.29, 1.82) is 0 Å². The van der Waals surface area contributed by atoms with Gasteiger partial charge in [0.2, 0.25) is 0 Å². The Bertz CT molecular complexity index is 934. The van der Waals surface area contributed by atoms with Crippen LogP contribution in [0.2, 0.25) is 0 Å². The van der Waals surface area contributed by atoms with E-state index in [-0.39, 0.29) is 16.3 Å². The van der Waals surface area contributed by atoms with Gasteiger partial charge in [0.25, 0.3) is 11.4 Å². The molecule has 0 aromatic heterocycles. The van der Waals surface area contributed by atoms with Crippen LogP contribution >= 0.6 is 0 Å². The van der Waals surface area contributed by atoms with Crippen molar-refractivity contribution >= 4 is 17.1 Å². The standard InChI is InChI=1S/C12H17N3O2.C6H4FNO2.C6H14N2/c1-13(2)12-7-8-14(9-12)10-3-5-11(6-4-10)15(16)17;7-5-1-3-6(4-2-5)8(9)10;1-8(2)6-3-4-7-5-6/h3-6,12H,7-9H2,1-2H3;1-4H;6-7H,3-5H2,1-2H3. The molecule has 0 amide bonds. The van der Waals surface area contributed by atoms with Crippen LogP contribution in [-0.2, 0) is 0 Å². The van der Waals surface area contributed by atoms with Gasteiger partial charge in [0, 0.05) is 61.7 Å². The molecule has 4 rings (SSSR count). The van der Waals surface area contributed by atoms with Gasteiger partial charge < -0.3 is 20.0 Å². The Hall–Kier alpha value is -3.15. The number of hydrogen-bond donors (Lipinski definition) is 1. The third kappa shape index (κ3) is 9.19. The molecule has 1 N–H and O–H groups in total. The van der Waals surface area contributed by atoms with Crippen molar-refractivity contribution < 1.29 is 14.2 Å². The molecule has 2 atom stereocenters. The van der Waals surface area contributed by atoms with Crippen LogP contribution in [0.25, 0.3) is 0 Å². The lowest BCUT2D eigenvalue weighted by molar-refractivity contribution is -0.385. The number of anilines is 1. The van der Waals surface area contributed by atoms with Gasteiger partial charge in [0.05, 0.1) is 9.85 Å². The number of rotatable bonds is 5. The third-order valence-electron chi connectivity index (χ3n) is 6.12. The molecule has 35 heavy (non-hydrogen) atoms. The van der Waals surface area contributed by atoms with Crippen LogP contribution in [0.4, 0.5) is 21.5 Å². The van der Waals surface area contributed by atoms with Crippen LogP contribution in [0.3, 0.4) is 0 Å².